The molecule has 0 aliphatic heterocycles. The van der Waals surface area contributed by atoms with Crippen LogP contribution in [0.1, 0.15) is 30.7 Å². The first kappa shape index (κ1) is 14.5. The van der Waals surface area contributed by atoms with Crippen molar-refractivity contribution in [3.05, 3.63) is 59.4 Å². The van der Waals surface area contributed by atoms with Crippen LogP contribution < -0.4 is 5.32 Å². The SMILES string of the molecule is CCc1cccnc1CNC(C)Cc1ccc(O)cc1. The summed E-state index contributed by atoms with van der Waals surface area (Å²) in [5.41, 5.74) is 3.66. The molecule has 0 aliphatic rings. The van der Waals surface area contributed by atoms with Crippen LogP contribution in [0.2, 0.25) is 0 Å². The van der Waals surface area contributed by atoms with Gasteiger partial charge in [-0.2, -0.15) is 0 Å². The molecule has 0 saturated heterocycles. The van der Waals surface area contributed by atoms with E-state index in [1.54, 1.807) is 12.1 Å². The Morgan fingerprint density at radius 1 is 1.20 bits per heavy atom. The molecule has 0 radical (unpaired) electrons. The average molecular weight is 270 g/mol. The second-order valence-electron chi connectivity index (χ2n) is 5.12. The molecule has 0 saturated carbocycles. The number of hydrogen-bond donors (Lipinski definition) is 2. The largest absolute Gasteiger partial charge is 0.508 e. The standard InChI is InChI=1S/C17H22N2O/c1-3-15-5-4-10-18-17(15)12-19-13(2)11-14-6-8-16(20)9-7-14/h4-10,13,19-20H,3,11-12H2,1-2H3. The molecule has 0 spiro atoms. The van der Waals surface area contributed by atoms with Gasteiger partial charge < -0.3 is 10.4 Å². The van der Waals surface area contributed by atoms with Crippen LogP contribution in [0.4, 0.5) is 0 Å². The van der Waals surface area contributed by atoms with Crippen LogP contribution in [-0.4, -0.2) is 16.1 Å². The molecule has 20 heavy (non-hydrogen) atoms. The van der Waals surface area contributed by atoms with Crippen molar-refractivity contribution in [1.82, 2.24) is 10.3 Å². The van der Waals surface area contributed by atoms with E-state index in [4.69, 9.17) is 0 Å². The van der Waals surface area contributed by atoms with Gasteiger partial charge in [0.2, 0.25) is 0 Å². The molecular formula is C17H22N2O. The van der Waals surface area contributed by atoms with E-state index in [2.05, 4.69) is 30.2 Å². The quantitative estimate of drug-likeness (QED) is 0.848. The summed E-state index contributed by atoms with van der Waals surface area (Å²) in [4.78, 5) is 4.44. The first-order chi connectivity index (χ1) is 9.69. The number of aryl methyl sites for hydroxylation is 1. The van der Waals surface area contributed by atoms with Crippen LogP contribution >= 0.6 is 0 Å². The third kappa shape index (κ3) is 4.07. The van der Waals surface area contributed by atoms with E-state index in [-0.39, 0.29) is 0 Å². The zero-order valence-electron chi connectivity index (χ0n) is 12.1. The van der Waals surface area contributed by atoms with Crippen molar-refractivity contribution in [2.24, 2.45) is 0 Å². The summed E-state index contributed by atoms with van der Waals surface area (Å²) >= 11 is 0. The third-order valence-corrected chi connectivity index (χ3v) is 3.46. The molecule has 2 N–H and O–H groups in total. The predicted octanol–water partition coefficient (Wildman–Crippen LogP) is 3.07. The van der Waals surface area contributed by atoms with Crippen molar-refractivity contribution < 1.29 is 5.11 Å². The molecule has 3 heteroatoms. The fraction of sp³-hybridized carbons (Fsp3) is 0.353. The van der Waals surface area contributed by atoms with Gasteiger partial charge in [-0.1, -0.05) is 25.1 Å². The highest BCUT2D eigenvalue weighted by Gasteiger charge is 2.06. The fourth-order valence-electron chi connectivity index (χ4n) is 2.28. The predicted molar refractivity (Wildman–Crippen MR) is 81.7 cm³/mol. The molecule has 1 aromatic carbocycles. The van der Waals surface area contributed by atoms with E-state index in [9.17, 15) is 5.11 Å². The lowest BCUT2D eigenvalue weighted by Gasteiger charge is -2.15. The van der Waals surface area contributed by atoms with Crippen molar-refractivity contribution >= 4 is 0 Å². The van der Waals surface area contributed by atoms with Gasteiger partial charge in [-0.05, 0) is 49.1 Å². The minimum absolute atomic E-state index is 0.315. The zero-order valence-corrected chi connectivity index (χ0v) is 12.1. The summed E-state index contributed by atoms with van der Waals surface area (Å²) in [6.45, 7) is 5.12. The van der Waals surface area contributed by atoms with Crippen LogP contribution in [0.15, 0.2) is 42.6 Å². The number of benzene rings is 1. The van der Waals surface area contributed by atoms with Gasteiger partial charge in [0, 0.05) is 18.8 Å². The molecule has 1 atom stereocenters. The third-order valence-electron chi connectivity index (χ3n) is 3.46. The zero-order chi connectivity index (χ0) is 14.4. The Morgan fingerprint density at radius 3 is 2.65 bits per heavy atom. The molecule has 0 fully saturated rings. The van der Waals surface area contributed by atoms with E-state index in [1.165, 1.54) is 11.1 Å². The van der Waals surface area contributed by atoms with Crippen molar-refractivity contribution in [1.29, 1.82) is 0 Å². The average Bonchev–Trinajstić information content (AvgIpc) is 2.48. The van der Waals surface area contributed by atoms with Gasteiger partial charge in [0.15, 0.2) is 0 Å². The summed E-state index contributed by atoms with van der Waals surface area (Å²) in [6, 6.07) is 11.9. The number of hydrogen-bond acceptors (Lipinski definition) is 3. The molecule has 0 bridgehead atoms. The number of nitrogens with zero attached hydrogens (tertiary/aromatic N) is 1. The molecule has 0 aliphatic carbocycles. The van der Waals surface area contributed by atoms with Crippen molar-refractivity contribution in [2.45, 2.75) is 39.3 Å². The monoisotopic (exact) mass is 270 g/mol. The summed E-state index contributed by atoms with van der Waals surface area (Å²) in [5, 5.41) is 12.8. The molecule has 106 valence electrons. The maximum atomic E-state index is 9.28. The lowest BCUT2D eigenvalue weighted by Crippen LogP contribution is -2.28. The summed E-state index contributed by atoms with van der Waals surface area (Å²) in [6.07, 6.45) is 3.80. The molecule has 3 nitrogen and oxygen atoms in total. The van der Waals surface area contributed by atoms with Gasteiger partial charge >= 0.3 is 0 Å². The Hall–Kier alpha value is -1.87. The van der Waals surface area contributed by atoms with Gasteiger partial charge in [-0.3, -0.25) is 4.98 Å². The first-order valence-electron chi connectivity index (χ1n) is 7.13. The van der Waals surface area contributed by atoms with E-state index >= 15 is 0 Å². The van der Waals surface area contributed by atoms with Gasteiger partial charge in [0.1, 0.15) is 5.75 Å². The van der Waals surface area contributed by atoms with Gasteiger partial charge in [0.05, 0.1) is 5.69 Å². The lowest BCUT2D eigenvalue weighted by molar-refractivity contribution is 0.474. The van der Waals surface area contributed by atoms with Crippen LogP contribution in [0.3, 0.4) is 0 Å². The van der Waals surface area contributed by atoms with Crippen LogP contribution in [0.5, 0.6) is 5.75 Å². The van der Waals surface area contributed by atoms with E-state index in [0.717, 1.165) is 25.1 Å². The Kier molecular flexibility index (Phi) is 5.13. The second-order valence-corrected chi connectivity index (χ2v) is 5.12. The number of phenols is 1. The van der Waals surface area contributed by atoms with Crippen LogP contribution in [0, 0.1) is 0 Å². The summed E-state index contributed by atoms with van der Waals surface area (Å²) in [7, 11) is 0. The van der Waals surface area contributed by atoms with Gasteiger partial charge in [0.25, 0.3) is 0 Å². The number of aromatic nitrogens is 1. The van der Waals surface area contributed by atoms with Crippen molar-refractivity contribution in [3.8, 4) is 5.75 Å². The van der Waals surface area contributed by atoms with E-state index in [0.29, 0.717) is 11.8 Å². The molecule has 1 heterocycles. The molecule has 2 aromatic rings. The molecule has 1 unspecified atom stereocenters. The van der Waals surface area contributed by atoms with Gasteiger partial charge in [-0.25, -0.2) is 0 Å². The fourth-order valence-corrected chi connectivity index (χ4v) is 2.28. The second kappa shape index (κ2) is 7.06. The van der Waals surface area contributed by atoms with Crippen molar-refractivity contribution in [2.75, 3.05) is 0 Å². The molecule has 0 amide bonds. The Bertz CT molecular complexity index is 537. The minimum atomic E-state index is 0.315. The smallest absolute Gasteiger partial charge is 0.115 e. The lowest BCUT2D eigenvalue weighted by atomic mass is 10.1. The van der Waals surface area contributed by atoms with E-state index < -0.39 is 0 Å². The molecule has 2 rings (SSSR count). The van der Waals surface area contributed by atoms with Crippen molar-refractivity contribution in [3.63, 3.8) is 0 Å². The highest BCUT2D eigenvalue weighted by atomic mass is 16.3. The number of aromatic hydroxyl groups is 1. The minimum Gasteiger partial charge on any atom is -0.508 e. The summed E-state index contributed by atoms with van der Waals surface area (Å²) < 4.78 is 0. The molecular weight excluding hydrogens is 248 g/mol. The first-order valence-corrected chi connectivity index (χ1v) is 7.13. The number of nitrogens with one attached hydrogen (secondary N) is 1. The van der Waals surface area contributed by atoms with E-state index in [1.807, 2.05) is 24.4 Å². The Labute approximate surface area is 120 Å². The highest BCUT2D eigenvalue weighted by Crippen LogP contribution is 2.12. The van der Waals surface area contributed by atoms with Crippen LogP contribution in [0.25, 0.3) is 0 Å². The number of rotatable bonds is 6. The maximum Gasteiger partial charge on any atom is 0.115 e. The topological polar surface area (TPSA) is 45.2 Å². The number of pyridine rings is 1. The molecule has 1 aromatic heterocycles. The summed E-state index contributed by atoms with van der Waals surface area (Å²) in [5.74, 6) is 0.315. The normalized spacial score (nSPS) is 12.3. The number of phenolic OH excluding ortho intramolecular Hbond substituents is 1. The highest BCUT2D eigenvalue weighted by molar-refractivity contribution is 5.26. The van der Waals surface area contributed by atoms with Gasteiger partial charge in [-0.15, -0.1) is 0 Å². The Balaban J connectivity index is 1.88. The Morgan fingerprint density at radius 2 is 1.95 bits per heavy atom. The van der Waals surface area contributed by atoms with Crippen LogP contribution in [-0.2, 0) is 19.4 Å². The maximum absolute atomic E-state index is 9.28.